The van der Waals surface area contributed by atoms with E-state index in [0.717, 1.165) is 13.0 Å². The third-order valence-corrected chi connectivity index (χ3v) is 5.09. The van der Waals surface area contributed by atoms with Crippen LogP contribution in [0.4, 0.5) is 0 Å². The topological polar surface area (TPSA) is 38.0 Å². The highest BCUT2D eigenvalue weighted by atomic mass is 14.9. The third kappa shape index (κ3) is 3.48. The van der Waals surface area contributed by atoms with Crippen LogP contribution in [0, 0.1) is 0 Å². The van der Waals surface area contributed by atoms with Gasteiger partial charge in [-0.15, -0.1) is 0 Å². The number of hydrogen-bond donors (Lipinski definition) is 2. The molecular weight excluding hydrogens is 316 g/mol. The van der Waals surface area contributed by atoms with Crippen molar-refractivity contribution in [3.05, 3.63) is 96.1 Å². The smallest absolute Gasteiger partial charge is 0.0234 e. The highest BCUT2D eigenvalue weighted by molar-refractivity contribution is 5.86. The Kier molecular flexibility index (Phi) is 4.96. The summed E-state index contributed by atoms with van der Waals surface area (Å²) in [6, 6.07) is 30.3. The summed E-state index contributed by atoms with van der Waals surface area (Å²) in [5.74, 6) is 0. The monoisotopic (exact) mass is 340 g/mol. The minimum Gasteiger partial charge on any atom is -0.329 e. The fourth-order valence-corrected chi connectivity index (χ4v) is 3.68. The zero-order valence-corrected chi connectivity index (χ0v) is 14.9. The summed E-state index contributed by atoms with van der Waals surface area (Å²) in [6.07, 6.45) is 0.933. The third-order valence-electron chi connectivity index (χ3n) is 5.09. The van der Waals surface area contributed by atoms with Crippen molar-refractivity contribution in [2.75, 3.05) is 6.54 Å². The van der Waals surface area contributed by atoms with E-state index >= 15 is 0 Å². The maximum Gasteiger partial charge on any atom is 0.0234 e. The molecular formula is C24H24N2. The van der Waals surface area contributed by atoms with Crippen molar-refractivity contribution < 1.29 is 0 Å². The molecule has 0 radical (unpaired) electrons. The molecule has 2 heteroatoms. The molecule has 0 aliphatic rings. The van der Waals surface area contributed by atoms with Crippen molar-refractivity contribution in [2.45, 2.75) is 19.0 Å². The molecule has 26 heavy (non-hydrogen) atoms. The predicted octanol–water partition coefficient (Wildman–Crippen LogP) is 4.65. The van der Waals surface area contributed by atoms with E-state index in [-0.39, 0.29) is 6.04 Å². The summed E-state index contributed by atoms with van der Waals surface area (Å²) in [5, 5.41) is 8.86. The van der Waals surface area contributed by atoms with Gasteiger partial charge in [-0.1, -0.05) is 84.9 Å². The average Bonchev–Trinajstić information content (AvgIpc) is 2.71. The second kappa shape index (κ2) is 7.69. The predicted molar refractivity (Wildman–Crippen MR) is 111 cm³/mol. The second-order valence-corrected chi connectivity index (χ2v) is 6.79. The Hall–Kier alpha value is -2.68. The van der Waals surface area contributed by atoms with E-state index in [0.29, 0.717) is 6.54 Å². The van der Waals surface area contributed by atoms with E-state index < -0.39 is 0 Å². The van der Waals surface area contributed by atoms with E-state index in [1.54, 1.807) is 0 Å². The lowest BCUT2D eigenvalue weighted by Gasteiger charge is -2.19. The molecule has 0 amide bonds. The first-order valence-electron chi connectivity index (χ1n) is 9.22. The number of nitrogens with one attached hydrogen (secondary N) is 1. The van der Waals surface area contributed by atoms with Gasteiger partial charge < -0.3 is 11.1 Å². The average molecular weight is 340 g/mol. The Bertz CT molecular complexity index is 1010. The molecule has 4 aromatic rings. The van der Waals surface area contributed by atoms with Gasteiger partial charge in [0.15, 0.2) is 0 Å². The summed E-state index contributed by atoms with van der Waals surface area (Å²) < 4.78 is 0. The van der Waals surface area contributed by atoms with Crippen LogP contribution >= 0.6 is 0 Å². The lowest BCUT2D eigenvalue weighted by Crippen LogP contribution is -2.37. The molecule has 0 fully saturated rings. The van der Waals surface area contributed by atoms with Crippen LogP contribution in [0.1, 0.15) is 11.1 Å². The molecule has 0 saturated heterocycles. The minimum atomic E-state index is 0.250. The van der Waals surface area contributed by atoms with Crippen molar-refractivity contribution in [1.82, 2.24) is 5.32 Å². The fourth-order valence-electron chi connectivity index (χ4n) is 3.68. The van der Waals surface area contributed by atoms with Crippen LogP contribution in [0.2, 0.25) is 0 Å². The summed E-state index contributed by atoms with van der Waals surface area (Å²) in [6.45, 7) is 1.45. The summed E-state index contributed by atoms with van der Waals surface area (Å²) in [5.41, 5.74) is 8.75. The van der Waals surface area contributed by atoms with Gasteiger partial charge in [-0.25, -0.2) is 0 Å². The molecule has 4 rings (SSSR count). The van der Waals surface area contributed by atoms with E-state index in [2.05, 4.69) is 90.2 Å². The van der Waals surface area contributed by atoms with E-state index in [1.807, 2.05) is 0 Å². The van der Waals surface area contributed by atoms with E-state index in [4.69, 9.17) is 5.73 Å². The first-order chi connectivity index (χ1) is 12.8. The van der Waals surface area contributed by atoms with Crippen LogP contribution < -0.4 is 11.1 Å². The molecule has 4 aromatic carbocycles. The molecule has 3 N–H and O–H groups in total. The zero-order chi connectivity index (χ0) is 17.8. The van der Waals surface area contributed by atoms with Gasteiger partial charge in [-0.3, -0.25) is 0 Å². The van der Waals surface area contributed by atoms with Gasteiger partial charge in [0, 0.05) is 19.1 Å². The lowest BCUT2D eigenvalue weighted by atomic mass is 9.98. The van der Waals surface area contributed by atoms with Crippen molar-refractivity contribution >= 4 is 21.5 Å². The largest absolute Gasteiger partial charge is 0.329 e. The van der Waals surface area contributed by atoms with Gasteiger partial charge in [-0.05, 0) is 39.1 Å². The SMILES string of the molecule is NCC(Cc1cccc2ccccc12)NCc1cccc2ccccc12. The lowest BCUT2D eigenvalue weighted by molar-refractivity contribution is 0.518. The van der Waals surface area contributed by atoms with Crippen LogP contribution in [0.5, 0.6) is 0 Å². The second-order valence-electron chi connectivity index (χ2n) is 6.79. The molecule has 130 valence electrons. The van der Waals surface area contributed by atoms with Crippen molar-refractivity contribution in [3.63, 3.8) is 0 Å². The van der Waals surface area contributed by atoms with Crippen LogP contribution in [-0.4, -0.2) is 12.6 Å². The molecule has 0 aliphatic heterocycles. The Balaban J connectivity index is 1.53. The van der Waals surface area contributed by atoms with Gasteiger partial charge >= 0.3 is 0 Å². The first kappa shape index (κ1) is 16.8. The van der Waals surface area contributed by atoms with Crippen molar-refractivity contribution in [2.24, 2.45) is 5.73 Å². The first-order valence-corrected chi connectivity index (χ1v) is 9.22. The minimum absolute atomic E-state index is 0.250. The number of rotatable bonds is 6. The highest BCUT2D eigenvalue weighted by Gasteiger charge is 2.10. The molecule has 0 aliphatic carbocycles. The van der Waals surface area contributed by atoms with Gasteiger partial charge in [0.25, 0.3) is 0 Å². The molecule has 1 atom stereocenters. The molecule has 0 aromatic heterocycles. The Morgan fingerprint density at radius 2 is 1.19 bits per heavy atom. The molecule has 0 spiro atoms. The van der Waals surface area contributed by atoms with Crippen LogP contribution in [0.25, 0.3) is 21.5 Å². The van der Waals surface area contributed by atoms with Crippen LogP contribution in [-0.2, 0) is 13.0 Å². The number of fused-ring (bicyclic) bond motifs is 2. The normalized spacial score (nSPS) is 12.5. The molecule has 0 bridgehead atoms. The van der Waals surface area contributed by atoms with Gasteiger partial charge in [0.1, 0.15) is 0 Å². The number of hydrogen-bond acceptors (Lipinski definition) is 2. The Morgan fingerprint density at radius 1 is 0.654 bits per heavy atom. The van der Waals surface area contributed by atoms with Gasteiger partial charge in [-0.2, -0.15) is 0 Å². The maximum absolute atomic E-state index is 6.08. The van der Waals surface area contributed by atoms with Crippen molar-refractivity contribution in [3.8, 4) is 0 Å². The Morgan fingerprint density at radius 3 is 1.85 bits per heavy atom. The van der Waals surface area contributed by atoms with Crippen molar-refractivity contribution in [1.29, 1.82) is 0 Å². The highest BCUT2D eigenvalue weighted by Crippen LogP contribution is 2.21. The molecule has 1 unspecified atom stereocenters. The maximum atomic E-state index is 6.08. The Labute approximate surface area is 154 Å². The van der Waals surface area contributed by atoms with Crippen LogP contribution in [0.3, 0.4) is 0 Å². The number of nitrogens with two attached hydrogens (primary N) is 1. The summed E-state index contributed by atoms with van der Waals surface area (Å²) in [7, 11) is 0. The number of benzene rings is 4. The van der Waals surface area contributed by atoms with Gasteiger partial charge in [0.05, 0.1) is 0 Å². The fraction of sp³-hybridized carbons (Fsp3) is 0.167. The summed E-state index contributed by atoms with van der Waals surface area (Å²) >= 11 is 0. The van der Waals surface area contributed by atoms with E-state index in [1.165, 1.54) is 32.7 Å². The van der Waals surface area contributed by atoms with E-state index in [9.17, 15) is 0 Å². The van der Waals surface area contributed by atoms with Gasteiger partial charge in [0.2, 0.25) is 0 Å². The molecule has 0 saturated carbocycles. The molecule has 2 nitrogen and oxygen atoms in total. The standard InChI is InChI=1S/C24H24N2/c25-16-22(15-20-11-5-9-18-7-1-3-13-23(18)20)26-17-21-12-6-10-19-8-2-4-14-24(19)21/h1-14,22,26H,15-17,25H2. The zero-order valence-electron chi connectivity index (χ0n) is 14.9. The quantitative estimate of drug-likeness (QED) is 0.536. The van der Waals surface area contributed by atoms with Crippen LogP contribution in [0.15, 0.2) is 84.9 Å². The molecule has 0 heterocycles. The summed E-state index contributed by atoms with van der Waals surface area (Å²) in [4.78, 5) is 0.